The van der Waals surface area contributed by atoms with Crippen LogP contribution >= 0.6 is 11.3 Å². The summed E-state index contributed by atoms with van der Waals surface area (Å²) in [6.45, 7) is 17.1. The fourth-order valence-corrected chi connectivity index (χ4v) is 8.14. The number of anilines is 1. The Kier molecular flexibility index (Phi) is 10.6. The number of hydrogen-bond acceptors (Lipinski definition) is 8. The maximum atomic E-state index is 14.6. The van der Waals surface area contributed by atoms with E-state index in [1.54, 1.807) is 20.8 Å². The Morgan fingerprint density at radius 2 is 1.80 bits per heavy atom. The zero-order valence-corrected chi connectivity index (χ0v) is 32.7. The summed E-state index contributed by atoms with van der Waals surface area (Å²) in [5.41, 5.74) is 0.115. The summed E-state index contributed by atoms with van der Waals surface area (Å²) in [5, 5.41) is 18.6. The molecule has 0 spiro atoms. The molecule has 5 atom stereocenters. The van der Waals surface area contributed by atoms with Gasteiger partial charge in [-0.05, 0) is 61.9 Å². The number of hydrogen-bond donors (Lipinski definition) is 3. The van der Waals surface area contributed by atoms with Gasteiger partial charge in [0.05, 0.1) is 23.3 Å². The molecule has 15 heteroatoms. The van der Waals surface area contributed by atoms with Gasteiger partial charge in [0.25, 0.3) is 6.01 Å². The summed E-state index contributed by atoms with van der Waals surface area (Å²) in [6, 6.07) is 8.36. The minimum absolute atomic E-state index is 0.00480. The lowest BCUT2D eigenvalue weighted by atomic mass is 9.85. The first-order valence-corrected chi connectivity index (χ1v) is 19.2. The van der Waals surface area contributed by atoms with Crippen molar-refractivity contribution in [1.29, 1.82) is 0 Å². The summed E-state index contributed by atoms with van der Waals surface area (Å²) in [6.07, 6.45) is -3.72. The molecule has 6 rings (SSSR count). The van der Waals surface area contributed by atoms with E-state index in [0.29, 0.717) is 5.52 Å². The minimum Gasteiger partial charge on any atom is -0.479 e. The van der Waals surface area contributed by atoms with Crippen LogP contribution in [0, 0.1) is 11.3 Å². The second-order valence-electron chi connectivity index (χ2n) is 16.1. The molecule has 294 valence electrons. The molecular formula is C40H47F3N6O5S. The van der Waals surface area contributed by atoms with Crippen LogP contribution in [0.15, 0.2) is 60.5 Å². The number of amides is 2. The SMILES string of the molecule is C=CC1CC1(NC(=O)C1CC(Oc2nc3c(-c4nc(C(C)C)cs4)cccc3n2C(C)C)CN1C(=O)C(Nc1cccc(C(F)(F)F)c1)C(C)(C)C)C(=O)O. The molecule has 1 saturated carbocycles. The highest BCUT2D eigenvalue weighted by atomic mass is 32.1. The summed E-state index contributed by atoms with van der Waals surface area (Å²) in [7, 11) is 0. The number of nitrogens with one attached hydrogen (secondary N) is 2. The molecule has 1 saturated heterocycles. The highest BCUT2D eigenvalue weighted by Crippen LogP contribution is 2.45. The summed E-state index contributed by atoms with van der Waals surface area (Å²) in [5.74, 6) is -2.69. The standard InChI is InChI=1S/C40H47F3N6O5S/c1-9-23-18-39(23,36(52)53)47-33(50)30-17-26(19-48(30)35(51)32(38(6,7)8)44-25-13-10-12-24(16-25)40(41,42)43)54-37-46-31-27(34-45-28(20-55-34)21(2)3)14-11-15-29(31)49(37)22(4)5/h9-16,20-23,26,30,32,44H,1,17-19H2,2-8H3,(H,47,50)(H,52,53). The number of nitrogens with zero attached hydrogens (tertiary/aromatic N) is 4. The van der Waals surface area contributed by atoms with Crippen molar-refractivity contribution < 1.29 is 37.4 Å². The normalized spacial score (nSPS) is 21.9. The third kappa shape index (κ3) is 7.80. The average molecular weight is 781 g/mol. The second-order valence-corrected chi connectivity index (χ2v) is 16.9. The Morgan fingerprint density at radius 1 is 1.09 bits per heavy atom. The number of aromatic nitrogens is 3. The lowest BCUT2D eigenvalue weighted by Crippen LogP contribution is -2.56. The lowest BCUT2D eigenvalue weighted by molar-refractivity contribution is -0.145. The monoisotopic (exact) mass is 780 g/mol. The topological polar surface area (TPSA) is 139 Å². The Hall–Kier alpha value is -4.92. The van der Waals surface area contributed by atoms with Crippen molar-refractivity contribution in [3.8, 4) is 16.6 Å². The van der Waals surface area contributed by atoms with Gasteiger partial charge in [0, 0.05) is 35.0 Å². The second kappa shape index (κ2) is 14.6. The quantitative estimate of drug-likeness (QED) is 0.123. The molecule has 2 aromatic heterocycles. The van der Waals surface area contributed by atoms with Crippen molar-refractivity contribution in [2.45, 2.75) is 103 Å². The van der Waals surface area contributed by atoms with Gasteiger partial charge in [-0.25, -0.2) is 9.78 Å². The van der Waals surface area contributed by atoms with Crippen molar-refractivity contribution in [3.63, 3.8) is 0 Å². The maximum Gasteiger partial charge on any atom is 0.416 e. The number of carboxylic acid groups (broad SMARTS) is 1. The number of carbonyl (C=O) groups is 3. The largest absolute Gasteiger partial charge is 0.479 e. The highest BCUT2D eigenvalue weighted by molar-refractivity contribution is 7.13. The summed E-state index contributed by atoms with van der Waals surface area (Å²) >= 11 is 1.53. The van der Waals surface area contributed by atoms with Crippen LogP contribution in [-0.2, 0) is 20.6 Å². The Balaban J connectivity index is 1.36. The number of fused-ring (bicyclic) bond motifs is 1. The third-order valence-corrected chi connectivity index (χ3v) is 11.2. The molecule has 55 heavy (non-hydrogen) atoms. The molecule has 4 aromatic rings. The molecule has 2 fully saturated rings. The van der Waals surface area contributed by atoms with Crippen molar-refractivity contribution in [1.82, 2.24) is 24.8 Å². The van der Waals surface area contributed by atoms with Gasteiger partial charge in [0.1, 0.15) is 34.3 Å². The molecule has 2 aliphatic rings. The molecule has 0 bridgehead atoms. The number of rotatable bonds is 12. The number of likely N-dealkylation sites (tertiary alicyclic amines) is 1. The molecule has 2 amide bonds. The number of benzene rings is 2. The van der Waals surface area contributed by atoms with Gasteiger partial charge in [0.2, 0.25) is 11.8 Å². The summed E-state index contributed by atoms with van der Waals surface area (Å²) in [4.78, 5) is 52.2. The smallest absolute Gasteiger partial charge is 0.416 e. The van der Waals surface area contributed by atoms with Gasteiger partial charge < -0.3 is 25.4 Å². The first-order valence-electron chi connectivity index (χ1n) is 18.3. The summed E-state index contributed by atoms with van der Waals surface area (Å²) < 4.78 is 49.4. The molecule has 1 aliphatic heterocycles. The fraction of sp³-hybridized carbons (Fsp3) is 0.475. The number of alkyl halides is 3. The Labute approximate surface area is 322 Å². The fourth-order valence-electron chi connectivity index (χ4n) is 7.13. The average Bonchev–Trinajstić information content (AvgIpc) is 3.45. The minimum atomic E-state index is -4.60. The zero-order valence-electron chi connectivity index (χ0n) is 31.9. The number of thiazole rings is 1. The van der Waals surface area contributed by atoms with E-state index in [1.807, 2.05) is 42.0 Å². The molecule has 3 N–H and O–H groups in total. The van der Waals surface area contributed by atoms with E-state index in [1.165, 1.54) is 34.4 Å². The van der Waals surface area contributed by atoms with E-state index in [9.17, 15) is 32.7 Å². The first kappa shape index (κ1) is 39.8. The zero-order chi connectivity index (χ0) is 40.2. The van der Waals surface area contributed by atoms with Gasteiger partial charge >= 0.3 is 12.1 Å². The van der Waals surface area contributed by atoms with Gasteiger partial charge in [-0.1, -0.05) is 52.8 Å². The van der Waals surface area contributed by atoms with Crippen LogP contribution in [0.3, 0.4) is 0 Å². The molecule has 1 aliphatic carbocycles. The van der Waals surface area contributed by atoms with E-state index in [2.05, 4.69) is 31.1 Å². The molecular weight excluding hydrogens is 734 g/mol. The van der Waals surface area contributed by atoms with Gasteiger partial charge in [-0.15, -0.1) is 17.9 Å². The van der Waals surface area contributed by atoms with Crippen molar-refractivity contribution in [2.24, 2.45) is 11.3 Å². The van der Waals surface area contributed by atoms with Gasteiger partial charge in [-0.3, -0.25) is 14.2 Å². The predicted octanol–water partition coefficient (Wildman–Crippen LogP) is 7.90. The predicted molar refractivity (Wildman–Crippen MR) is 205 cm³/mol. The molecule has 0 radical (unpaired) electrons. The molecule has 2 aromatic carbocycles. The van der Waals surface area contributed by atoms with Crippen molar-refractivity contribution in [2.75, 3.05) is 11.9 Å². The number of halogens is 3. The van der Waals surface area contributed by atoms with E-state index in [4.69, 9.17) is 14.7 Å². The van der Waals surface area contributed by atoms with Crippen LogP contribution in [0.25, 0.3) is 21.6 Å². The number of carbonyl (C=O) groups excluding carboxylic acids is 2. The number of para-hydroxylation sites is 1. The van der Waals surface area contributed by atoms with Crippen LogP contribution in [-0.4, -0.2) is 72.6 Å². The number of ether oxygens (including phenoxy) is 1. The van der Waals surface area contributed by atoms with E-state index in [-0.39, 0.29) is 43.0 Å². The molecule has 3 heterocycles. The molecule has 5 unspecified atom stereocenters. The lowest BCUT2D eigenvalue weighted by Gasteiger charge is -2.36. The number of carboxylic acids is 1. The Morgan fingerprint density at radius 3 is 2.38 bits per heavy atom. The number of imidazole rings is 1. The van der Waals surface area contributed by atoms with E-state index < -0.39 is 64.6 Å². The van der Waals surface area contributed by atoms with Crippen LogP contribution in [0.5, 0.6) is 6.01 Å². The van der Waals surface area contributed by atoms with Crippen LogP contribution in [0.4, 0.5) is 18.9 Å². The van der Waals surface area contributed by atoms with E-state index >= 15 is 0 Å². The Bertz CT molecular complexity index is 2120. The maximum absolute atomic E-state index is 14.6. The van der Waals surface area contributed by atoms with Crippen molar-refractivity contribution in [3.05, 3.63) is 71.8 Å². The molecule has 11 nitrogen and oxygen atoms in total. The van der Waals surface area contributed by atoms with Gasteiger partial charge in [0.15, 0.2) is 0 Å². The van der Waals surface area contributed by atoms with Crippen LogP contribution in [0.1, 0.15) is 84.5 Å². The first-order chi connectivity index (χ1) is 25.7. The third-order valence-electron chi connectivity index (χ3n) is 10.3. The van der Waals surface area contributed by atoms with Gasteiger partial charge in [-0.2, -0.15) is 18.2 Å². The van der Waals surface area contributed by atoms with Crippen molar-refractivity contribution >= 4 is 45.8 Å². The number of aliphatic carboxylic acids is 1. The van der Waals surface area contributed by atoms with Crippen LogP contribution < -0.4 is 15.4 Å². The highest BCUT2D eigenvalue weighted by Gasteiger charge is 2.61. The van der Waals surface area contributed by atoms with E-state index in [0.717, 1.165) is 33.9 Å². The van der Waals surface area contributed by atoms with Crippen LogP contribution in [0.2, 0.25) is 0 Å².